The quantitative estimate of drug-likeness (QED) is 0.323. The molecular weight excluding hydrogens is 182 g/mol. The molecule has 0 aliphatic heterocycles. The molecule has 0 fully saturated rings. The third-order valence-corrected chi connectivity index (χ3v) is 1.55. The predicted molar refractivity (Wildman–Crippen MR) is 49.8 cm³/mol. The van der Waals surface area contributed by atoms with Gasteiger partial charge in [-0.1, -0.05) is 30.3 Å². The average Bonchev–Trinajstić information content (AvgIpc) is 2.26. The first-order valence-corrected chi connectivity index (χ1v) is 3.95. The van der Waals surface area contributed by atoms with Crippen molar-refractivity contribution in [2.24, 2.45) is 0 Å². The number of rotatable bonds is 3. The maximum absolute atomic E-state index is 11.3. The van der Waals surface area contributed by atoms with E-state index in [4.69, 9.17) is 5.21 Å². The minimum Gasteiger partial charge on any atom is -0.289 e. The number of hydrogen-bond donors (Lipinski definition) is 2. The molecule has 14 heavy (non-hydrogen) atoms. The van der Waals surface area contributed by atoms with Crippen molar-refractivity contribution in [1.29, 1.82) is 0 Å². The SMILES string of the molecule is O=C(C=CC(=O)c1ccccc1)NO. The molecule has 0 heterocycles. The summed E-state index contributed by atoms with van der Waals surface area (Å²) in [4.78, 5) is 21.9. The van der Waals surface area contributed by atoms with E-state index in [0.29, 0.717) is 5.56 Å². The maximum Gasteiger partial charge on any atom is 0.267 e. The Morgan fingerprint density at radius 1 is 1.14 bits per heavy atom. The van der Waals surface area contributed by atoms with Crippen LogP contribution in [0.5, 0.6) is 0 Å². The van der Waals surface area contributed by atoms with E-state index in [1.807, 2.05) is 0 Å². The number of hydroxylamine groups is 1. The highest BCUT2D eigenvalue weighted by Crippen LogP contribution is 2.00. The summed E-state index contributed by atoms with van der Waals surface area (Å²) in [6.07, 6.45) is 2.07. The topological polar surface area (TPSA) is 66.4 Å². The van der Waals surface area contributed by atoms with Gasteiger partial charge in [-0.3, -0.25) is 14.8 Å². The highest BCUT2D eigenvalue weighted by Gasteiger charge is 2.00. The highest BCUT2D eigenvalue weighted by atomic mass is 16.5. The number of carbonyl (C=O) groups excluding carboxylic acids is 2. The van der Waals surface area contributed by atoms with Gasteiger partial charge in [-0.25, -0.2) is 5.48 Å². The summed E-state index contributed by atoms with van der Waals surface area (Å²) in [5.41, 5.74) is 1.89. The van der Waals surface area contributed by atoms with Gasteiger partial charge < -0.3 is 0 Å². The zero-order valence-corrected chi connectivity index (χ0v) is 7.31. The molecule has 0 saturated carbocycles. The number of benzene rings is 1. The van der Waals surface area contributed by atoms with E-state index >= 15 is 0 Å². The summed E-state index contributed by atoms with van der Waals surface area (Å²) < 4.78 is 0. The third-order valence-electron chi connectivity index (χ3n) is 1.55. The molecule has 0 radical (unpaired) electrons. The van der Waals surface area contributed by atoms with Crippen LogP contribution in [0, 0.1) is 0 Å². The monoisotopic (exact) mass is 191 g/mol. The lowest BCUT2D eigenvalue weighted by Crippen LogP contribution is -2.15. The largest absolute Gasteiger partial charge is 0.289 e. The van der Waals surface area contributed by atoms with Crippen LogP contribution in [-0.2, 0) is 4.79 Å². The summed E-state index contributed by atoms with van der Waals surface area (Å²) in [6, 6.07) is 8.54. The van der Waals surface area contributed by atoms with Gasteiger partial charge >= 0.3 is 0 Å². The Morgan fingerprint density at radius 3 is 2.36 bits per heavy atom. The molecule has 0 atom stereocenters. The van der Waals surface area contributed by atoms with Crippen molar-refractivity contribution >= 4 is 11.7 Å². The van der Waals surface area contributed by atoms with Crippen LogP contribution in [0.15, 0.2) is 42.5 Å². The van der Waals surface area contributed by atoms with E-state index in [0.717, 1.165) is 12.2 Å². The first-order chi connectivity index (χ1) is 6.74. The van der Waals surface area contributed by atoms with Gasteiger partial charge in [0.1, 0.15) is 0 Å². The fraction of sp³-hybridized carbons (Fsp3) is 0. The molecule has 0 aliphatic carbocycles. The number of hydrogen-bond acceptors (Lipinski definition) is 3. The van der Waals surface area contributed by atoms with Gasteiger partial charge in [-0.2, -0.15) is 0 Å². The van der Waals surface area contributed by atoms with Gasteiger partial charge in [-0.05, 0) is 6.08 Å². The van der Waals surface area contributed by atoms with Crippen molar-refractivity contribution in [2.75, 3.05) is 0 Å². The van der Waals surface area contributed by atoms with Crippen LogP contribution in [0.3, 0.4) is 0 Å². The summed E-state index contributed by atoms with van der Waals surface area (Å²) in [7, 11) is 0. The zero-order chi connectivity index (χ0) is 10.4. The van der Waals surface area contributed by atoms with E-state index < -0.39 is 5.91 Å². The van der Waals surface area contributed by atoms with Gasteiger partial charge in [0.15, 0.2) is 5.78 Å². The smallest absolute Gasteiger partial charge is 0.267 e. The minimum atomic E-state index is -0.728. The fourth-order valence-electron chi connectivity index (χ4n) is 0.887. The van der Waals surface area contributed by atoms with Crippen LogP contribution in [0.4, 0.5) is 0 Å². The fourth-order valence-corrected chi connectivity index (χ4v) is 0.887. The lowest BCUT2D eigenvalue weighted by molar-refractivity contribution is -0.124. The van der Waals surface area contributed by atoms with Crippen molar-refractivity contribution in [3.63, 3.8) is 0 Å². The lowest BCUT2D eigenvalue weighted by atomic mass is 10.1. The van der Waals surface area contributed by atoms with Crippen LogP contribution in [0.2, 0.25) is 0 Å². The third kappa shape index (κ3) is 2.84. The van der Waals surface area contributed by atoms with E-state index in [2.05, 4.69) is 0 Å². The van der Waals surface area contributed by atoms with E-state index in [-0.39, 0.29) is 5.78 Å². The maximum atomic E-state index is 11.3. The molecule has 1 aromatic rings. The Hall–Kier alpha value is -1.94. The highest BCUT2D eigenvalue weighted by molar-refractivity contribution is 6.07. The molecular formula is C10H9NO3. The molecule has 1 rings (SSSR count). The van der Waals surface area contributed by atoms with Gasteiger partial charge in [0.2, 0.25) is 0 Å². The molecule has 72 valence electrons. The summed E-state index contributed by atoms with van der Waals surface area (Å²) >= 11 is 0. The van der Waals surface area contributed by atoms with Gasteiger partial charge in [-0.15, -0.1) is 0 Å². The average molecular weight is 191 g/mol. The van der Waals surface area contributed by atoms with E-state index in [1.54, 1.807) is 30.3 Å². The first-order valence-electron chi connectivity index (χ1n) is 3.95. The van der Waals surface area contributed by atoms with Gasteiger partial charge in [0.25, 0.3) is 5.91 Å². The van der Waals surface area contributed by atoms with Crippen molar-refractivity contribution in [3.05, 3.63) is 48.0 Å². The minimum absolute atomic E-state index is 0.283. The van der Waals surface area contributed by atoms with Crippen LogP contribution in [0.1, 0.15) is 10.4 Å². The van der Waals surface area contributed by atoms with Crippen molar-refractivity contribution in [1.82, 2.24) is 5.48 Å². The second-order valence-electron chi connectivity index (χ2n) is 2.54. The number of ketones is 1. The summed E-state index contributed by atoms with van der Waals surface area (Å²) in [6.45, 7) is 0. The number of allylic oxidation sites excluding steroid dienone is 1. The molecule has 4 nitrogen and oxygen atoms in total. The Kier molecular flexibility index (Phi) is 3.58. The normalized spacial score (nSPS) is 10.1. The molecule has 1 aromatic carbocycles. The van der Waals surface area contributed by atoms with Crippen molar-refractivity contribution < 1.29 is 14.8 Å². The lowest BCUT2D eigenvalue weighted by Gasteiger charge is -1.93. The molecule has 0 aliphatic rings. The zero-order valence-electron chi connectivity index (χ0n) is 7.31. The number of carbonyl (C=O) groups is 2. The Labute approximate surface area is 80.8 Å². The molecule has 0 saturated heterocycles. The Bertz CT molecular complexity index is 357. The summed E-state index contributed by atoms with van der Waals surface area (Å²) in [5.74, 6) is -1.01. The standard InChI is InChI=1S/C10H9NO3/c12-9(6-7-10(13)11-14)8-4-2-1-3-5-8/h1-7,14H,(H,11,13). The number of nitrogens with one attached hydrogen (secondary N) is 1. The van der Waals surface area contributed by atoms with Gasteiger partial charge in [0.05, 0.1) is 0 Å². The molecule has 0 aromatic heterocycles. The molecule has 1 amide bonds. The van der Waals surface area contributed by atoms with Crippen molar-refractivity contribution in [3.8, 4) is 0 Å². The molecule has 2 N–H and O–H groups in total. The molecule has 0 bridgehead atoms. The molecule has 0 spiro atoms. The summed E-state index contributed by atoms with van der Waals surface area (Å²) in [5, 5.41) is 8.16. The Balaban J connectivity index is 2.69. The first kappa shape index (κ1) is 10.1. The van der Waals surface area contributed by atoms with Crippen molar-refractivity contribution in [2.45, 2.75) is 0 Å². The van der Waals surface area contributed by atoms with E-state index in [1.165, 1.54) is 5.48 Å². The van der Waals surface area contributed by atoms with Crippen LogP contribution in [0.25, 0.3) is 0 Å². The van der Waals surface area contributed by atoms with Crippen LogP contribution < -0.4 is 5.48 Å². The molecule has 0 unspecified atom stereocenters. The molecule has 4 heteroatoms. The van der Waals surface area contributed by atoms with Gasteiger partial charge in [0, 0.05) is 11.6 Å². The second-order valence-corrected chi connectivity index (χ2v) is 2.54. The number of amides is 1. The van der Waals surface area contributed by atoms with Crippen LogP contribution >= 0.6 is 0 Å². The second kappa shape index (κ2) is 4.94. The van der Waals surface area contributed by atoms with E-state index in [9.17, 15) is 9.59 Å². The predicted octanol–water partition coefficient (Wildman–Crippen LogP) is 0.931. The van der Waals surface area contributed by atoms with Crippen LogP contribution in [-0.4, -0.2) is 16.9 Å². The Morgan fingerprint density at radius 2 is 1.79 bits per heavy atom.